The van der Waals surface area contributed by atoms with Gasteiger partial charge in [-0.2, -0.15) is 0 Å². The molecular weight excluding hydrogens is 266 g/mol. The molecule has 1 fully saturated rings. The second kappa shape index (κ2) is 6.22. The van der Waals surface area contributed by atoms with E-state index in [0.29, 0.717) is 5.92 Å². The van der Waals surface area contributed by atoms with Crippen LogP contribution in [0.3, 0.4) is 0 Å². The van der Waals surface area contributed by atoms with Crippen LogP contribution in [0.15, 0.2) is 24.8 Å². The van der Waals surface area contributed by atoms with Gasteiger partial charge >= 0.3 is 0 Å². The second-order valence-corrected chi connectivity index (χ2v) is 5.63. The number of aliphatic hydroxyl groups is 1. The number of aryl methyl sites for hydroxylation is 2. The summed E-state index contributed by atoms with van der Waals surface area (Å²) in [5, 5.41) is 12.8. The molecule has 3 rings (SSSR count). The molecule has 0 spiro atoms. The van der Waals surface area contributed by atoms with Gasteiger partial charge in [-0.1, -0.05) is 0 Å². The van der Waals surface area contributed by atoms with Crippen LogP contribution in [0.4, 0.5) is 5.82 Å². The Kier molecular flexibility index (Phi) is 4.15. The molecule has 2 aromatic heterocycles. The summed E-state index contributed by atoms with van der Waals surface area (Å²) < 4.78 is 2.06. The van der Waals surface area contributed by atoms with Crippen molar-refractivity contribution in [3.63, 3.8) is 0 Å². The average Bonchev–Trinajstić information content (AvgIpc) is 2.93. The van der Waals surface area contributed by atoms with Gasteiger partial charge in [0.05, 0.1) is 12.4 Å². The Morgan fingerprint density at radius 2 is 2.24 bits per heavy atom. The Balaban J connectivity index is 1.52. The Labute approximate surface area is 124 Å². The van der Waals surface area contributed by atoms with Crippen molar-refractivity contribution in [2.24, 2.45) is 0 Å². The second-order valence-electron chi connectivity index (χ2n) is 5.63. The van der Waals surface area contributed by atoms with Gasteiger partial charge in [0.1, 0.15) is 11.6 Å². The summed E-state index contributed by atoms with van der Waals surface area (Å²) in [5.74, 6) is 2.05. The third kappa shape index (κ3) is 3.58. The lowest BCUT2D eigenvalue weighted by molar-refractivity contribution is 0.0731. The smallest absolute Gasteiger partial charge is 0.129 e. The van der Waals surface area contributed by atoms with Gasteiger partial charge < -0.3 is 15.0 Å². The minimum Gasteiger partial charge on any atom is -0.393 e. The Morgan fingerprint density at radius 1 is 1.38 bits per heavy atom. The van der Waals surface area contributed by atoms with E-state index < -0.39 is 0 Å². The van der Waals surface area contributed by atoms with Crippen molar-refractivity contribution in [1.29, 1.82) is 0 Å². The molecule has 0 amide bonds. The normalized spacial score (nSPS) is 21.0. The van der Waals surface area contributed by atoms with Crippen LogP contribution in [-0.2, 0) is 6.54 Å². The largest absolute Gasteiger partial charge is 0.393 e. The van der Waals surface area contributed by atoms with Crippen LogP contribution in [0.5, 0.6) is 0 Å². The molecule has 2 aromatic rings. The van der Waals surface area contributed by atoms with E-state index in [1.54, 1.807) is 6.20 Å². The van der Waals surface area contributed by atoms with Gasteiger partial charge in [0.2, 0.25) is 0 Å². The zero-order chi connectivity index (χ0) is 14.7. The monoisotopic (exact) mass is 287 g/mol. The SMILES string of the molecule is Cc1nc(NCCCn2ccnc2)cc(C2CC(O)C2)n1. The van der Waals surface area contributed by atoms with Crippen molar-refractivity contribution in [2.45, 2.75) is 44.8 Å². The zero-order valence-electron chi connectivity index (χ0n) is 12.2. The summed E-state index contributed by atoms with van der Waals surface area (Å²) in [6.07, 6.45) is 8.07. The van der Waals surface area contributed by atoms with Crippen LogP contribution in [0.1, 0.15) is 36.7 Å². The zero-order valence-corrected chi connectivity index (χ0v) is 12.2. The van der Waals surface area contributed by atoms with Gasteiger partial charge in [0.15, 0.2) is 0 Å². The first kappa shape index (κ1) is 14.0. The molecule has 0 aliphatic heterocycles. The summed E-state index contributed by atoms with van der Waals surface area (Å²) in [6.45, 7) is 3.72. The maximum atomic E-state index is 9.42. The van der Waals surface area contributed by atoms with Crippen LogP contribution < -0.4 is 5.32 Å². The first-order chi connectivity index (χ1) is 10.2. The maximum absolute atomic E-state index is 9.42. The molecule has 6 heteroatoms. The molecule has 0 aromatic carbocycles. The number of anilines is 1. The van der Waals surface area contributed by atoms with E-state index in [0.717, 1.165) is 49.7 Å². The molecule has 0 bridgehead atoms. The molecule has 0 saturated heterocycles. The van der Waals surface area contributed by atoms with Crippen molar-refractivity contribution in [2.75, 3.05) is 11.9 Å². The highest BCUT2D eigenvalue weighted by atomic mass is 16.3. The van der Waals surface area contributed by atoms with E-state index in [1.165, 1.54) is 0 Å². The van der Waals surface area contributed by atoms with Crippen molar-refractivity contribution in [3.8, 4) is 0 Å². The molecule has 1 aliphatic carbocycles. The lowest BCUT2D eigenvalue weighted by Gasteiger charge is -2.31. The fraction of sp³-hybridized carbons (Fsp3) is 0.533. The van der Waals surface area contributed by atoms with Crippen LogP contribution in [0.2, 0.25) is 0 Å². The summed E-state index contributed by atoms with van der Waals surface area (Å²) in [4.78, 5) is 12.9. The van der Waals surface area contributed by atoms with Gasteiger partial charge in [-0.25, -0.2) is 15.0 Å². The van der Waals surface area contributed by atoms with Crippen LogP contribution in [0.25, 0.3) is 0 Å². The van der Waals surface area contributed by atoms with E-state index in [1.807, 2.05) is 25.5 Å². The van der Waals surface area contributed by atoms with E-state index in [9.17, 15) is 5.11 Å². The van der Waals surface area contributed by atoms with E-state index in [2.05, 4.69) is 24.8 Å². The fourth-order valence-corrected chi connectivity index (χ4v) is 2.62. The number of nitrogens with one attached hydrogen (secondary N) is 1. The first-order valence-electron chi connectivity index (χ1n) is 7.44. The third-order valence-corrected chi connectivity index (χ3v) is 3.85. The Hall–Kier alpha value is -1.95. The molecule has 2 heterocycles. The summed E-state index contributed by atoms with van der Waals surface area (Å²) >= 11 is 0. The molecule has 1 saturated carbocycles. The predicted octanol–water partition coefficient (Wildman–Crippen LogP) is 1.72. The predicted molar refractivity (Wildman–Crippen MR) is 80.1 cm³/mol. The molecular formula is C15H21N5O. The third-order valence-electron chi connectivity index (χ3n) is 3.85. The molecule has 6 nitrogen and oxygen atoms in total. The standard InChI is InChI=1S/C15H21N5O/c1-11-18-14(12-7-13(21)8-12)9-15(19-11)17-3-2-5-20-6-4-16-10-20/h4,6,9-10,12-13,21H,2-3,5,7-8H2,1H3,(H,17,18,19). The number of imidazole rings is 1. The lowest BCUT2D eigenvalue weighted by Crippen LogP contribution is -2.27. The minimum absolute atomic E-state index is 0.156. The Bertz CT molecular complexity index is 578. The number of rotatable bonds is 6. The molecule has 0 unspecified atom stereocenters. The minimum atomic E-state index is -0.156. The van der Waals surface area contributed by atoms with E-state index in [4.69, 9.17) is 0 Å². The highest BCUT2D eigenvalue weighted by Crippen LogP contribution is 2.36. The average molecular weight is 287 g/mol. The van der Waals surface area contributed by atoms with Crippen molar-refractivity contribution in [3.05, 3.63) is 36.3 Å². The summed E-state index contributed by atoms with van der Waals surface area (Å²) in [6, 6.07) is 2.01. The lowest BCUT2D eigenvalue weighted by atomic mass is 9.80. The number of nitrogens with zero attached hydrogens (tertiary/aromatic N) is 4. The van der Waals surface area contributed by atoms with Gasteiger partial charge in [0.25, 0.3) is 0 Å². The quantitative estimate of drug-likeness (QED) is 0.791. The highest BCUT2D eigenvalue weighted by molar-refractivity contribution is 5.37. The number of aliphatic hydroxyl groups excluding tert-OH is 1. The Morgan fingerprint density at radius 3 is 2.95 bits per heavy atom. The van der Waals surface area contributed by atoms with Gasteiger partial charge in [0, 0.05) is 43.2 Å². The molecule has 0 atom stereocenters. The van der Waals surface area contributed by atoms with E-state index in [-0.39, 0.29) is 6.10 Å². The van der Waals surface area contributed by atoms with E-state index >= 15 is 0 Å². The molecule has 21 heavy (non-hydrogen) atoms. The maximum Gasteiger partial charge on any atom is 0.129 e. The molecule has 112 valence electrons. The summed E-state index contributed by atoms with van der Waals surface area (Å²) in [5.41, 5.74) is 1.05. The summed E-state index contributed by atoms with van der Waals surface area (Å²) in [7, 11) is 0. The number of hydrogen-bond donors (Lipinski definition) is 2. The number of aromatic nitrogens is 4. The van der Waals surface area contributed by atoms with Crippen molar-refractivity contribution < 1.29 is 5.11 Å². The highest BCUT2D eigenvalue weighted by Gasteiger charge is 2.30. The number of hydrogen-bond acceptors (Lipinski definition) is 5. The molecule has 0 radical (unpaired) electrons. The van der Waals surface area contributed by atoms with Crippen LogP contribution in [0, 0.1) is 6.92 Å². The topological polar surface area (TPSA) is 75.9 Å². The molecule has 1 aliphatic rings. The van der Waals surface area contributed by atoms with Crippen molar-refractivity contribution in [1.82, 2.24) is 19.5 Å². The van der Waals surface area contributed by atoms with Crippen LogP contribution in [-0.4, -0.2) is 37.3 Å². The first-order valence-corrected chi connectivity index (χ1v) is 7.44. The van der Waals surface area contributed by atoms with Crippen molar-refractivity contribution >= 4 is 5.82 Å². The van der Waals surface area contributed by atoms with Gasteiger partial charge in [-0.15, -0.1) is 0 Å². The fourth-order valence-electron chi connectivity index (χ4n) is 2.62. The molecule has 2 N–H and O–H groups in total. The van der Waals surface area contributed by atoms with Gasteiger partial charge in [-0.05, 0) is 26.2 Å². The van der Waals surface area contributed by atoms with Crippen LogP contribution >= 0.6 is 0 Å². The van der Waals surface area contributed by atoms with Gasteiger partial charge in [-0.3, -0.25) is 0 Å².